The molecule has 0 radical (unpaired) electrons. The van der Waals surface area contributed by atoms with Gasteiger partial charge < -0.3 is 0 Å². The Hall–Kier alpha value is -6.45. The molecule has 7 aromatic carbocycles. The van der Waals surface area contributed by atoms with Crippen molar-refractivity contribution in [3.8, 4) is 56.2 Å². The van der Waals surface area contributed by atoms with Crippen LogP contribution >= 0.6 is 0 Å². The van der Waals surface area contributed by atoms with Gasteiger partial charge in [-0.2, -0.15) is 0 Å². The van der Waals surface area contributed by atoms with Gasteiger partial charge in [-0.05, 0) is 103 Å². The second-order valence-corrected chi connectivity index (χ2v) is 14.1. The summed E-state index contributed by atoms with van der Waals surface area (Å²) < 4.78 is 0. The van der Waals surface area contributed by atoms with Crippen LogP contribution in [0.25, 0.3) is 88.5 Å². The lowest BCUT2D eigenvalue weighted by Gasteiger charge is -2.22. The highest BCUT2D eigenvalue weighted by Crippen LogP contribution is 2.51. The highest BCUT2D eigenvalue weighted by Gasteiger charge is 2.36. The van der Waals surface area contributed by atoms with Gasteiger partial charge in [0.15, 0.2) is 5.82 Å². The monoisotopic (exact) mass is 651 g/mol. The van der Waals surface area contributed by atoms with Crippen molar-refractivity contribution >= 4 is 32.3 Å². The first-order valence-electron chi connectivity index (χ1n) is 17.5. The van der Waals surface area contributed by atoms with E-state index in [1.54, 1.807) is 0 Å². The molecule has 9 aromatic rings. The summed E-state index contributed by atoms with van der Waals surface area (Å²) in [5.41, 5.74) is 12.6. The third-order valence-electron chi connectivity index (χ3n) is 10.8. The Morgan fingerprint density at radius 1 is 0.412 bits per heavy atom. The maximum Gasteiger partial charge on any atom is 0.161 e. The van der Waals surface area contributed by atoms with E-state index in [-0.39, 0.29) is 5.41 Å². The van der Waals surface area contributed by atoms with Crippen molar-refractivity contribution in [2.75, 3.05) is 0 Å². The molecule has 1 aliphatic rings. The van der Waals surface area contributed by atoms with Gasteiger partial charge in [0.1, 0.15) is 0 Å². The molecule has 0 fully saturated rings. The summed E-state index contributed by atoms with van der Waals surface area (Å²) in [6.07, 6.45) is 3.74. The van der Waals surface area contributed by atoms with E-state index in [1.807, 2.05) is 24.5 Å². The van der Waals surface area contributed by atoms with E-state index in [0.717, 1.165) is 44.2 Å². The zero-order valence-electron chi connectivity index (χ0n) is 28.4. The van der Waals surface area contributed by atoms with Gasteiger partial charge in [0.05, 0.1) is 11.4 Å². The topological polar surface area (TPSA) is 38.7 Å². The van der Waals surface area contributed by atoms with Gasteiger partial charge in [0.25, 0.3) is 0 Å². The Morgan fingerprint density at radius 3 is 1.88 bits per heavy atom. The van der Waals surface area contributed by atoms with Crippen LogP contribution in [0.5, 0.6) is 0 Å². The summed E-state index contributed by atoms with van der Waals surface area (Å²) in [5, 5.41) is 7.12. The van der Waals surface area contributed by atoms with Crippen LogP contribution in [0.3, 0.4) is 0 Å². The summed E-state index contributed by atoms with van der Waals surface area (Å²) >= 11 is 0. The van der Waals surface area contributed by atoms with Gasteiger partial charge >= 0.3 is 0 Å². The van der Waals surface area contributed by atoms with E-state index in [0.29, 0.717) is 5.82 Å². The second-order valence-electron chi connectivity index (χ2n) is 14.1. The molecule has 3 nitrogen and oxygen atoms in total. The minimum atomic E-state index is -0.110. The van der Waals surface area contributed by atoms with E-state index < -0.39 is 0 Å². The van der Waals surface area contributed by atoms with Gasteiger partial charge in [-0.1, -0.05) is 123 Å². The van der Waals surface area contributed by atoms with Gasteiger partial charge in [-0.15, -0.1) is 0 Å². The summed E-state index contributed by atoms with van der Waals surface area (Å²) in [4.78, 5) is 14.8. The van der Waals surface area contributed by atoms with Crippen molar-refractivity contribution in [2.45, 2.75) is 19.3 Å². The molecule has 0 spiro atoms. The number of hydrogen-bond donors (Lipinski definition) is 0. The quantitative estimate of drug-likeness (QED) is 0.190. The molecule has 0 saturated carbocycles. The number of nitrogens with zero attached hydrogens (tertiary/aromatic N) is 3. The predicted octanol–water partition coefficient (Wildman–Crippen LogP) is 12.3. The molecule has 1 aliphatic carbocycles. The molecule has 0 N–H and O–H groups in total. The molecule has 3 heteroatoms. The van der Waals surface area contributed by atoms with Crippen LogP contribution in [0.15, 0.2) is 164 Å². The Morgan fingerprint density at radius 2 is 1.06 bits per heavy atom. The SMILES string of the molecule is CC1(C)c2cc(-c3ccc(-c4nc(-c5ccccc5)cc(-c5ccc6ccncc6c5)n4)c4ccccc34)ccc2-c2cc3ccccc3cc21. The maximum absolute atomic E-state index is 5.24. The van der Waals surface area contributed by atoms with Crippen LogP contribution in [0.2, 0.25) is 0 Å². The Bertz CT molecular complexity index is 2830. The first-order valence-corrected chi connectivity index (χ1v) is 17.5. The predicted molar refractivity (Wildman–Crippen MR) is 212 cm³/mol. The zero-order valence-corrected chi connectivity index (χ0v) is 28.4. The number of aromatic nitrogens is 3. The van der Waals surface area contributed by atoms with Crippen LogP contribution < -0.4 is 0 Å². The maximum atomic E-state index is 5.24. The molecular weight excluding hydrogens is 619 g/mol. The van der Waals surface area contributed by atoms with E-state index in [4.69, 9.17) is 9.97 Å². The Labute approximate surface area is 297 Å². The van der Waals surface area contributed by atoms with Crippen molar-refractivity contribution in [3.63, 3.8) is 0 Å². The molecule has 10 rings (SSSR count). The zero-order chi connectivity index (χ0) is 34.1. The lowest BCUT2D eigenvalue weighted by Crippen LogP contribution is -2.15. The minimum Gasteiger partial charge on any atom is -0.264 e. The van der Waals surface area contributed by atoms with E-state index in [9.17, 15) is 0 Å². The normalized spacial score (nSPS) is 13.1. The molecule has 2 heterocycles. The average molecular weight is 652 g/mol. The highest BCUT2D eigenvalue weighted by atomic mass is 14.9. The summed E-state index contributed by atoms with van der Waals surface area (Å²) in [7, 11) is 0. The second kappa shape index (κ2) is 11.3. The molecule has 0 aliphatic heterocycles. The fourth-order valence-corrected chi connectivity index (χ4v) is 8.05. The number of rotatable bonds is 4. The third kappa shape index (κ3) is 4.77. The van der Waals surface area contributed by atoms with E-state index in [1.165, 1.54) is 49.5 Å². The number of pyridine rings is 1. The van der Waals surface area contributed by atoms with Gasteiger partial charge in [-0.3, -0.25) is 4.98 Å². The number of benzene rings is 7. The summed E-state index contributed by atoms with van der Waals surface area (Å²) in [5.74, 6) is 0.706. The van der Waals surface area contributed by atoms with Crippen molar-refractivity contribution in [3.05, 3.63) is 175 Å². The van der Waals surface area contributed by atoms with Crippen molar-refractivity contribution in [1.29, 1.82) is 0 Å². The van der Waals surface area contributed by atoms with Gasteiger partial charge in [0, 0.05) is 39.9 Å². The van der Waals surface area contributed by atoms with Crippen molar-refractivity contribution < 1.29 is 0 Å². The molecule has 0 saturated heterocycles. The van der Waals surface area contributed by atoms with Crippen molar-refractivity contribution in [2.24, 2.45) is 0 Å². The number of fused-ring (bicyclic) bond motifs is 6. The fraction of sp³-hybridized carbons (Fsp3) is 0.0625. The standard InChI is InChI=1S/C48H33N3/c1-48(2)43-27-34(18-19-40(43)42-25-32-12-6-7-13-33(32)26-44(42)48)37-20-21-41(39-15-9-8-14-38(37)39)47-50-45(31-10-4-3-5-11-31)28-46(51-47)35-17-16-30-22-23-49-29-36(30)24-35/h3-29H,1-2H3. The van der Waals surface area contributed by atoms with Gasteiger partial charge in [-0.25, -0.2) is 9.97 Å². The first kappa shape index (κ1) is 29.5. The van der Waals surface area contributed by atoms with Crippen LogP contribution in [0, 0.1) is 0 Å². The van der Waals surface area contributed by atoms with Crippen LogP contribution in [-0.4, -0.2) is 15.0 Å². The average Bonchev–Trinajstić information content (AvgIpc) is 3.41. The molecular formula is C48H33N3. The number of hydrogen-bond acceptors (Lipinski definition) is 3. The summed E-state index contributed by atoms with van der Waals surface area (Å²) in [6, 6.07) is 54.6. The first-order chi connectivity index (χ1) is 25.0. The minimum absolute atomic E-state index is 0.110. The molecule has 2 aromatic heterocycles. The van der Waals surface area contributed by atoms with Gasteiger partial charge in [0.2, 0.25) is 0 Å². The van der Waals surface area contributed by atoms with Crippen LogP contribution in [0.4, 0.5) is 0 Å². The Balaban J connectivity index is 1.13. The fourth-order valence-electron chi connectivity index (χ4n) is 8.05. The van der Waals surface area contributed by atoms with Crippen LogP contribution in [-0.2, 0) is 5.41 Å². The molecule has 0 bridgehead atoms. The third-order valence-corrected chi connectivity index (χ3v) is 10.8. The smallest absolute Gasteiger partial charge is 0.161 e. The molecule has 0 unspecified atom stereocenters. The van der Waals surface area contributed by atoms with E-state index >= 15 is 0 Å². The van der Waals surface area contributed by atoms with E-state index in [2.05, 4.69) is 158 Å². The highest BCUT2D eigenvalue weighted by molar-refractivity contribution is 6.05. The summed E-state index contributed by atoms with van der Waals surface area (Å²) in [6.45, 7) is 4.72. The lowest BCUT2D eigenvalue weighted by atomic mass is 9.81. The van der Waals surface area contributed by atoms with Crippen LogP contribution in [0.1, 0.15) is 25.0 Å². The Kier molecular flexibility index (Phi) is 6.53. The molecule has 0 amide bonds. The molecule has 0 atom stereocenters. The molecule has 51 heavy (non-hydrogen) atoms. The molecule has 240 valence electrons. The van der Waals surface area contributed by atoms with Crippen molar-refractivity contribution in [1.82, 2.24) is 15.0 Å². The lowest BCUT2D eigenvalue weighted by molar-refractivity contribution is 0.661. The largest absolute Gasteiger partial charge is 0.264 e.